The molecule has 0 N–H and O–H groups in total. The molecule has 9 atom stereocenters. The second-order valence-electron chi connectivity index (χ2n) is 14.7. The zero-order chi connectivity index (χ0) is 23.7. The summed E-state index contributed by atoms with van der Waals surface area (Å²) in [5.74, 6) is 4.31. The standard InChI is InChI=1S/C29H48O.C2H6/c1-19-22(30)8-9-23-27(19,5)13-11-24-28(6)17-16-26(4)15-14-25(2,3)18-21(26)20(28)10-12-29(23,24)7;1-2/h19-21,23-24H,8-18H2,1-7H3;1-2H3. The monoisotopic (exact) mass is 442 g/mol. The Morgan fingerprint density at radius 2 is 1.25 bits per heavy atom. The lowest BCUT2D eigenvalue weighted by molar-refractivity contribution is -0.219. The van der Waals surface area contributed by atoms with Crippen LogP contribution >= 0.6 is 0 Å². The first kappa shape index (κ1) is 24.8. The van der Waals surface area contributed by atoms with Crippen molar-refractivity contribution in [2.75, 3.05) is 0 Å². The highest BCUT2D eigenvalue weighted by atomic mass is 16.1. The lowest BCUT2D eigenvalue weighted by Crippen LogP contribution is -2.64. The average Bonchev–Trinajstić information content (AvgIpc) is 2.73. The molecule has 5 aliphatic carbocycles. The molecule has 9 unspecified atom stereocenters. The molecule has 184 valence electrons. The van der Waals surface area contributed by atoms with Crippen LogP contribution in [0.4, 0.5) is 0 Å². The zero-order valence-electron chi connectivity index (χ0n) is 23.1. The molecule has 0 radical (unpaired) electrons. The van der Waals surface area contributed by atoms with E-state index in [9.17, 15) is 4.79 Å². The molecule has 0 aromatic heterocycles. The van der Waals surface area contributed by atoms with Gasteiger partial charge in [0.1, 0.15) is 5.78 Å². The van der Waals surface area contributed by atoms with Gasteiger partial charge in [-0.1, -0.05) is 62.3 Å². The van der Waals surface area contributed by atoms with E-state index < -0.39 is 0 Å². The van der Waals surface area contributed by atoms with Gasteiger partial charge in [-0.25, -0.2) is 0 Å². The molecule has 0 bridgehead atoms. The minimum absolute atomic E-state index is 0.250. The van der Waals surface area contributed by atoms with Gasteiger partial charge in [-0.05, 0) is 115 Å². The highest BCUT2D eigenvalue weighted by molar-refractivity contribution is 5.82. The summed E-state index contributed by atoms with van der Waals surface area (Å²) >= 11 is 0. The van der Waals surface area contributed by atoms with Gasteiger partial charge in [0.2, 0.25) is 0 Å². The molecular weight excluding hydrogens is 388 g/mol. The lowest BCUT2D eigenvalue weighted by Gasteiger charge is -2.71. The molecule has 0 aliphatic heterocycles. The van der Waals surface area contributed by atoms with E-state index in [1.807, 2.05) is 13.8 Å². The fraction of sp³-hybridized carbons (Fsp3) is 0.968. The predicted molar refractivity (Wildman–Crippen MR) is 136 cm³/mol. The Morgan fingerprint density at radius 3 is 1.94 bits per heavy atom. The van der Waals surface area contributed by atoms with Crippen molar-refractivity contribution in [3.8, 4) is 0 Å². The van der Waals surface area contributed by atoms with Crippen LogP contribution < -0.4 is 0 Å². The molecule has 5 rings (SSSR count). The van der Waals surface area contributed by atoms with Crippen LogP contribution in [0.1, 0.15) is 133 Å². The van der Waals surface area contributed by atoms with Gasteiger partial charge in [-0.2, -0.15) is 0 Å². The molecule has 0 aromatic carbocycles. The number of carbonyl (C=O) groups is 1. The summed E-state index contributed by atoms with van der Waals surface area (Å²) in [4.78, 5) is 12.7. The maximum atomic E-state index is 12.7. The second-order valence-corrected chi connectivity index (χ2v) is 14.7. The largest absolute Gasteiger partial charge is 0.299 e. The van der Waals surface area contributed by atoms with Gasteiger partial charge in [0.05, 0.1) is 0 Å². The van der Waals surface area contributed by atoms with Gasteiger partial charge in [0.15, 0.2) is 0 Å². The smallest absolute Gasteiger partial charge is 0.136 e. The molecule has 0 heterocycles. The van der Waals surface area contributed by atoms with Crippen molar-refractivity contribution in [1.29, 1.82) is 0 Å². The number of hydrogen-bond donors (Lipinski definition) is 0. The van der Waals surface area contributed by atoms with E-state index in [2.05, 4.69) is 48.5 Å². The van der Waals surface area contributed by atoms with Gasteiger partial charge >= 0.3 is 0 Å². The average molecular weight is 443 g/mol. The number of fused-ring (bicyclic) bond motifs is 7. The molecule has 0 amide bonds. The van der Waals surface area contributed by atoms with Crippen molar-refractivity contribution < 1.29 is 4.79 Å². The van der Waals surface area contributed by atoms with E-state index in [0.29, 0.717) is 27.4 Å². The number of ketones is 1. The molecule has 32 heavy (non-hydrogen) atoms. The Balaban J connectivity index is 0.00000119. The molecular formula is C31H54O. The van der Waals surface area contributed by atoms with Crippen LogP contribution in [0, 0.1) is 56.7 Å². The highest BCUT2D eigenvalue weighted by Crippen LogP contribution is 2.74. The summed E-state index contributed by atoms with van der Waals surface area (Å²) in [5.41, 5.74) is 2.36. The first-order valence-electron chi connectivity index (χ1n) is 14.4. The molecule has 5 saturated carbocycles. The summed E-state index contributed by atoms with van der Waals surface area (Å²) in [6, 6.07) is 0. The topological polar surface area (TPSA) is 17.1 Å². The molecule has 5 aliphatic rings. The fourth-order valence-corrected chi connectivity index (χ4v) is 10.8. The van der Waals surface area contributed by atoms with E-state index in [4.69, 9.17) is 0 Å². The van der Waals surface area contributed by atoms with Gasteiger partial charge in [0, 0.05) is 12.3 Å². The van der Waals surface area contributed by atoms with E-state index in [1.54, 1.807) is 0 Å². The van der Waals surface area contributed by atoms with Crippen LogP contribution in [0.15, 0.2) is 0 Å². The number of carbonyl (C=O) groups excluding carboxylic acids is 1. The Morgan fingerprint density at radius 1 is 0.656 bits per heavy atom. The number of rotatable bonds is 0. The van der Waals surface area contributed by atoms with Crippen molar-refractivity contribution in [3.63, 3.8) is 0 Å². The van der Waals surface area contributed by atoms with Crippen molar-refractivity contribution in [2.45, 2.75) is 133 Å². The van der Waals surface area contributed by atoms with Crippen LogP contribution in [-0.2, 0) is 4.79 Å². The normalized spacial score (nSPS) is 54.2. The Hall–Kier alpha value is -0.330. The van der Waals surface area contributed by atoms with Gasteiger partial charge in [-0.3, -0.25) is 4.79 Å². The molecule has 0 aromatic rings. The summed E-state index contributed by atoms with van der Waals surface area (Å²) in [5, 5.41) is 0. The third-order valence-electron chi connectivity index (χ3n) is 12.9. The molecule has 5 fully saturated rings. The molecule has 0 saturated heterocycles. The minimum Gasteiger partial charge on any atom is -0.299 e. The van der Waals surface area contributed by atoms with E-state index >= 15 is 0 Å². The van der Waals surface area contributed by atoms with Crippen molar-refractivity contribution in [1.82, 2.24) is 0 Å². The van der Waals surface area contributed by atoms with E-state index in [1.165, 1.54) is 64.2 Å². The van der Waals surface area contributed by atoms with Crippen LogP contribution in [0.2, 0.25) is 0 Å². The lowest BCUT2D eigenvalue weighted by atomic mass is 9.34. The Bertz CT molecular complexity index is 737. The molecule has 0 spiro atoms. The summed E-state index contributed by atoms with van der Waals surface area (Å²) in [6.45, 7) is 21.9. The number of Topliss-reactive ketones (excluding diaryl/α,β-unsaturated/α-hetero) is 1. The summed E-state index contributed by atoms with van der Waals surface area (Å²) in [7, 11) is 0. The maximum Gasteiger partial charge on any atom is 0.136 e. The molecule has 1 heteroatoms. The minimum atomic E-state index is 0.250. The van der Waals surface area contributed by atoms with E-state index in [0.717, 1.165) is 30.1 Å². The summed E-state index contributed by atoms with van der Waals surface area (Å²) in [6.07, 6.45) is 14.8. The van der Waals surface area contributed by atoms with Crippen molar-refractivity contribution in [2.24, 2.45) is 56.7 Å². The SMILES string of the molecule is CC.CC1C(=O)CCC2C1(C)CCC1C3(C)CCC4(C)CCC(C)(C)CC4C3CCC21C. The second kappa shape index (κ2) is 7.84. The van der Waals surface area contributed by atoms with Crippen LogP contribution in [0.5, 0.6) is 0 Å². The van der Waals surface area contributed by atoms with Crippen LogP contribution in [-0.4, -0.2) is 5.78 Å². The third kappa shape index (κ3) is 3.32. The Kier molecular flexibility index (Phi) is 6.07. The number of hydrogen-bond acceptors (Lipinski definition) is 1. The highest BCUT2D eigenvalue weighted by Gasteiger charge is 2.67. The quantitative estimate of drug-likeness (QED) is 0.365. The molecule has 1 nitrogen and oxygen atoms in total. The first-order chi connectivity index (χ1) is 14.9. The third-order valence-corrected chi connectivity index (χ3v) is 12.9. The zero-order valence-corrected chi connectivity index (χ0v) is 23.1. The van der Waals surface area contributed by atoms with Gasteiger partial charge in [0.25, 0.3) is 0 Å². The van der Waals surface area contributed by atoms with Crippen LogP contribution in [0.25, 0.3) is 0 Å². The Labute approximate surface area is 200 Å². The summed E-state index contributed by atoms with van der Waals surface area (Å²) < 4.78 is 0. The van der Waals surface area contributed by atoms with Crippen molar-refractivity contribution >= 4 is 5.78 Å². The fourth-order valence-electron chi connectivity index (χ4n) is 10.8. The van der Waals surface area contributed by atoms with Crippen LogP contribution in [0.3, 0.4) is 0 Å². The van der Waals surface area contributed by atoms with Crippen molar-refractivity contribution in [3.05, 3.63) is 0 Å². The maximum absolute atomic E-state index is 12.7. The van der Waals surface area contributed by atoms with Gasteiger partial charge < -0.3 is 0 Å². The van der Waals surface area contributed by atoms with Gasteiger partial charge in [-0.15, -0.1) is 0 Å². The first-order valence-corrected chi connectivity index (χ1v) is 14.4. The predicted octanol–water partition coefficient (Wildman–Crippen LogP) is 9.09. The van der Waals surface area contributed by atoms with E-state index in [-0.39, 0.29) is 11.3 Å².